The van der Waals surface area contributed by atoms with E-state index in [4.69, 9.17) is 5.11 Å². The van der Waals surface area contributed by atoms with Gasteiger partial charge in [0.15, 0.2) is 0 Å². The number of likely N-dealkylation sites (tertiary alicyclic amines) is 1. The number of rotatable bonds is 5. The van der Waals surface area contributed by atoms with Gasteiger partial charge < -0.3 is 15.3 Å². The number of carboxylic acids is 1. The van der Waals surface area contributed by atoms with Crippen molar-refractivity contribution in [1.29, 1.82) is 0 Å². The van der Waals surface area contributed by atoms with Crippen molar-refractivity contribution in [3.8, 4) is 0 Å². The fourth-order valence-electron chi connectivity index (χ4n) is 2.12. The molecule has 0 radical (unpaired) electrons. The van der Waals surface area contributed by atoms with E-state index in [1.807, 2.05) is 13.2 Å². The van der Waals surface area contributed by atoms with E-state index in [-0.39, 0.29) is 12.1 Å². The first-order valence-corrected chi connectivity index (χ1v) is 7.74. The smallest absolute Gasteiger partial charge is 0.326 e. The molecule has 0 aromatic rings. The van der Waals surface area contributed by atoms with Gasteiger partial charge in [0, 0.05) is 12.6 Å². The largest absolute Gasteiger partial charge is 0.480 e. The van der Waals surface area contributed by atoms with Crippen LogP contribution in [-0.4, -0.2) is 52.6 Å². The van der Waals surface area contributed by atoms with Crippen LogP contribution in [0.2, 0.25) is 0 Å². The highest BCUT2D eigenvalue weighted by Crippen LogP contribution is 2.16. The van der Waals surface area contributed by atoms with E-state index in [1.54, 1.807) is 16.7 Å². The molecular weight excluding hydrogens is 252 g/mol. The van der Waals surface area contributed by atoms with Crippen LogP contribution in [0.25, 0.3) is 0 Å². The molecule has 1 aliphatic rings. The van der Waals surface area contributed by atoms with Crippen molar-refractivity contribution in [2.24, 2.45) is 0 Å². The first-order valence-electron chi connectivity index (χ1n) is 6.35. The molecule has 0 aliphatic carbocycles. The molecule has 1 rings (SSSR count). The van der Waals surface area contributed by atoms with Gasteiger partial charge >= 0.3 is 12.0 Å². The first-order chi connectivity index (χ1) is 8.56. The second-order valence-electron chi connectivity index (χ2n) is 4.66. The SMILES string of the molecule is CSCC[C@H](NC(=O)N1CCCCC1C)C(=O)O. The Morgan fingerprint density at radius 2 is 2.22 bits per heavy atom. The van der Waals surface area contributed by atoms with Gasteiger partial charge in [-0.15, -0.1) is 0 Å². The number of aliphatic carboxylic acids is 1. The van der Waals surface area contributed by atoms with E-state index in [0.717, 1.165) is 31.6 Å². The molecule has 18 heavy (non-hydrogen) atoms. The lowest BCUT2D eigenvalue weighted by Crippen LogP contribution is -2.52. The maximum Gasteiger partial charge on any atom is 0.326 e. The van der Waals surface area contributed by atoms with Crippen LogP contribution < -0.4 is 5.32 Å². The molecule has 1 unspecified atom stereocenters. The van der Waals surface area contributed by atoms with Crippen molar-refractivity contribution < 1.29 is 14.7 Å². The van der Waals surface area contributed by atoms with Crippen LogP contribution in [0.5, 0.6) is 0 Å². The van der Waals surface area contributed by atoms with Crippen LogP contribution in [0.15, 0.2) is 0 Å². The third kappa shape index (κ3) is 4.40. The Labute approximate surface area is 112 Å². The minimum absolute atomic E-state index is 0.203. The zero-order valence-corrected chi connectivity index (χ0v) is 11.8. The molecule has 0 spiro atoms. The van der Waals surface area contributed by atoms with Crippen molar-refractivity contribution in [3.05, 3.63) is 0 Å². The molecule has 0 aromatic heterocycles. The summed E-state index contributed by atoms with van der Waals surface area (Å²) >= 11 is 1.58. The Morgan fingerprint density at radius 3 is 2.78 bits per heavy atom. The van der Waals surface area contributed by atoms with Gasteiger partial charge in [0.05, 0.1) is 0 Å². The number of amides is 2. The Hall–Kier alpha value is -0.910. The summed E-state index contributed by atoms with van der Waals surface area (Å²) in [5, 5.41) is 11.7. The number of nitrogens with one attached hydrogen (secondary N) is 1. The third-order valence-electron chi connectivity index (χ3n) is 3.27. The third-order valence-corrected chi connectivity index (χ3v) is 3.91. The Morgan fingerprint density at radius 1 is 1.50 bits per heavy atom. The highest BCUT2D eigenvalue weighted by atomic mass is 32.2. The van der Waals surface area contributed by atoms with Crippen LogP contribution in [0.4, 0.5) is 4.79 Å². The quantitative estimate of drug-likeness (QED) is 0.801. The van der Waals surface area contributed by atoms with Crippen LogP contribution in [0.3, 0.4) is 0 Å². The average molecular weight is 274 g/mol. The normalized spacial score (nSPS) is 21.4. The van der Waals surface area contributed by atoms with Crippen LogP contribution in [-0.2, 0) is 4.79 Å². The van der Waals surface area contributed by atoms with Crippen LogP contribution in [0, 0.1) is 0 Å². The number of piperidine rings is 1. The van der Waals surface area contributed by atoms with Crippen LogP contribution in [0.1, 0.15) is 32.6 Å². The summed E-state index contributed by atoms with van der Waals surface area (Å²) in [7, 11) is 0. The lowest BCUT2D eigenvalue weighted by molar-refractivity contribution is -0.139. The molecule has 5 nitrogen and oxygen atoms in total. The van der Waals surface area contributed by atoms with Crippen molar-refractivity contribution in [1.82, 2.24) is 10.2 Å². The van der Waals surface area contributed by atoms with Gasteiger partial charge in [-0.25, -0.2) is 9.59 Å². The molecule has 1 heterocycles. The molecule has 2 amide bonds. The van der Waals surface area contributed by atoms with Crippen LogP contribution >= 0.6 is 11.8 Å². The highest BCUT2D eigenvalue weighted by molar-refractivity contribution is 7.98. The van der Waals surface area contributed by atoms with Crippen molar-refractivity contribution in [2.45, 2.75) is 44.7 Å². The second kappa shape index (κ2) is 7.51. The summed E-state index contributed by atoms with van der Waals surface area (Å²) in [6, 6.07) is -0.816. The number of carbonyl (C=O) groups excluding carboxylic acids is 1. The molecule has 104 valence electrons. The topological polar surface area (TPSA) is 69.6 Å². The zero-order chi connectivity index (χ0) is 13.5. The average Bonchev–Trinajstić information content (AvgIpc) is 2.34. The zero-order valence-electron chi connectivity index (χ0n) is 11.0. The minimum atomic E-state index is -0.956. The fourth-order valence-corrected chi connectivity index (χ4v) is 2.60. The molecule has 1 saturated heterocycles. The number of nitrogens with zero attached hydrogens (tertiary/aromatic N) is 1. The lowest BCUT2D eigenvalue weighted by atomic mass is 10.0. The Bertz CT molecular complexity index is 299. The Kier molecular flexibility index (Phi) is 6.32. The molecule has 1 aliphatic heterocycles. The lowest BCUT2D eigenvalue weighted by Gasteiger charge is -2.34. The fraction of sp³-hybridized carbons (Fsp3) is 0.833. The van der Waals surface area contributed by atoms with Crippen molar-refractivity contribution in [2.75, 3.05) is 18.6 Å². The van der Waals surface area contributed by atoms with Gasteiger partial charge in [-0.1, -0.05) is 0 Å². The van der Waals surface area contributed by atoms with Crippen molar-refractivity contribution in [3.63, 3.8) is 0 Å². The summed E-state index contributed by atoms with van der Waals surface area (Å²) < 4.78 is 0. The van der Waals surface area contributed by atoms with Gasteiger partial charge in [0.2, 0.25) is 0 Å². The van der Waals surface area contributed by atoms with Gasteiger partial charge in [0.25, 0.3) is 0 Å². The molecule has 0 bridgehead atoms. The molecular formula is C12H22N2O3S. The Balaban J connectivity index is 2.51. The molecule has 6 heteroatoms. The maximum atomic E-state index is 12.0. The second-order valence-corrected chi connectivity index (χ2v) is 5.65. The van der Waals surface area contributed by atoms with E-state index in [0.29, 0.717) is 6.42 Å². The monoisotopic (exact) mass is 274 g/mol. The number of hydrogen-bond acceptors (Lipinski definition) is 3. The summed E-state index contributed by atoms with van der Waals surface area (Å²) in [5.74, 6) is -0.227. The highest BCUT2D eigenvalue weighted by Gasteiger charge is 2.27. The predicted molar refractivity (Wildman–Crippen MR) is 73.0 cm³/mol. The van der Waals surface area contributed by atoms with Gasteiger partial charge in [-0.2, -0.15) is 11.8 Å². The molecule has 2 N–H and O–H groups in total. The summed E-state index contributed by atoms with van der Waals surface area (Å²) in [4.78, 5) is 24.8. The van der Waals surface area contributed by atoms with Gasteiger partial charge in [0.1, 0.15) is 6.04 Å². The van der Waals surface area contributed by atoms with Gasteiger partial charge in [-0.05, 0) is 44.6 Å². The molecule has 1 fully saturated rings. The number of carbonyl (C=O) groups is 2. The van der Waals surface area contributed by atoms with Gasteiger partial charge in [-0.3, -0.25) is 0 Å². The number of carboxylic acid groups (broad SMARTS) is 1. The van der Waals surface area contributed by atoms with E-state index >= 15 is 0 Å². The van der Waals surface area contributed by atoms with Crippen molar-refractivity contribution >= 4 is 23.8 Å². The molecule has 0 aromatic carbocycles. The number of thioether (sulfide) groups is 1. The number of hydrogen-bond donors (Lipinski definition) is 2. The summed E-state index contributed by atoms with van der Waals surface area (Å²) in [5.41, 5.74) is 0. The van der Waals surface area contributed by atoms with E-state index in [2.05, 4.69) is 5.32 Å². The predicted octanol–water partition coefficient (Wildman–Crippen LogP) is 1.78. The van der Waals surface area contributed by atoms with E-state index in [9.17, 15) is 9.59 Å². The summed E-state index contributed by atoms with van der Waals surface area (Å²) in [6.45, 7) is 2.73. The number of urea groups is 1. The first kappa shape index (κ1) is 15.1. The summed E-state index contributed by atoms with van der Waals surface area (Å²) in [6.07, 6.45) is 5.52. The molecule has 2 atom stereocenters. The van der Waals surface area contributed by atoms with E-state index < -0.39 is 12.0 Å². The minimum Gasteiger partial charge on any atom is -0.480 e. The molecule has 0 saturated carbocycles. The standard InChI is InChI=1S/C12H22N2O3S/c1-9-5-3-4-7-14(9)12(17)13-10(11(15)16)6-8-18-2/h9-10H,3-8H2,1-2H3,(H,13,17)(H,15,16)/t9?,10-/m0/s1. The van der Waals surface area contributed by atoms with E-state index in [1.165, 1.54) is 0 Å². The maximum absolute atomic E-state index is 12.0.